The summed E-state index contributed by atoms with van der Waals surface area (Å²) in [5, 5.41) is 18.1. The van der Waals surface area contributed by atoms with E-state index in [0.717, 1.165) is 0 Å². The number of aliphatic hydroxyl groups is 2. The molecule has 2 N–H and O–H groups in total. The van der Waals surface area contributed by atoms with Crippen LogP contribution in [0.1, 0.15) is 13.3 Å². The molecule has 11 heavy (non-hydrogen) atoms. The number of carbonyl (C=O) groups is 1. The average molecular weight is 162 g/mol. The molecule has 0 fully saturated rings. The Balaban J connectivity index is 3.90. The molecule has 4 heteroatoms. The molecule has 0 aliphatic carbocycles. The second kappa shape index (κ2) is 5.23. The Morgan fingerprint density at radius 1 is 1.55 bits per heavy atom. The lowest BCUT2D eigenvalue weighted by molar-refractivity contribution is -0.115. The number of aldehydes is 1. The molecule has 0 aliphatic rings. The lowest BCUT2D eigenvalue weighted by atomic mass is 10.1. The third-order valence-electron chi connectivity index (χ3n) is 1.51. The van der Waals surface area contributed by atoms with Crippen LogP contribution in [0.3, 0.4) is 0 Å². The largest absolute Gasteiger partial charge is 0.391 e. The third kappa shape index (κ3) is 3.46. The summed E-state index contributed by atoms with van der Waals surface area (Å²) in [4.78, 5) is 10.0. The van der Waals surface area contributed by atoms with Crippen molar-refractivity contribution in [2.45, 2.75) is 31.7 Å². The molecule has 0 radical (unpaired) electrons. The topological polar surface area (TPSA) is 66.8 Å². The Morgan fingerprint density at radius 3 is 2.36 bits per heavy atom. The Bertz CT molecular complexity index is 113. The van der Waals surface area contributed by atoms with E-state index in [2.05, 4.69) is 0 Å². The molecule has 0 bridgehead atoms. The van der Waals surface area contributed by atoms with Crippen LogP contribution in [-0.4, -0.2) is 41.9 Å². The highest BCUT2D eigenvalue weighted by molar-refractivity contribution is 5.50. The van der Waals surface area contributed by atoms with E-state index in [0.29, 0.717) is 6.29 Å². The van der Waals surface area contributed by atoms with Crippen molar-refractivity contribution < 1.29 is 19.7 Å². The molecule has 0 saturated heterocycles. The summed E-state index contributed by atoms with van der Waals surface area (Å²) in [6.45, 7) is 1.45. The first-order valence-corrected chi connectivity index (χ1v) is 3.46. The Labute approximate surface area is 65.8 Å². The Hall–Kier alpha value is -0.450. The molecule has 3 atom stereocenters. The van der Waals surface area contributed by atoms with Crippen molar-refractivity contribution in [1.29, 1.82) is 0 Å². The summed E-state index contributed by atoms with van der Waals surface area (Å²) in [5.74, 6) is 0. The van der Waals surface area contributed by atoms with Crippen LogP contribution in [0.4, 0.5) is 0 Å². The molecule has 0 spiro atoms. The summed E-state index contributed by atoms with van der Waals surface area (Å²) >= 11 is 0. The van der Waals surface area contributed by atoms with E-state index in [-0.39, 0.29) is 6.42 Å². The molecule has 0 aromatic heterocycles. The molecule has 0 heterocycles. The normalized spacial score (nSPS) is 18.9. The predicted octanol–water partition coefficient (Wildman–Crippen LogP) is -0.668. The molecule has 66 valence electrons. The van der Waals surface area contributed by atoms with Gasteiger partial charge in [0, 0.05) is 13.5 Å². The van der Waals surface area contributed by atoms with Gasteiger partial charge in [-0.25, -0.2) is 0 Å². The van der Waals surface area contributed by atoms with Gasteiger partial charge in [0.1, 0.15) is 12.4 Å². The molecule has 0 aliphatic heterocycles. The molecule has 0 unspecified atom stereocenters. The maximum Gasteiger partial charge on any atom is 0.122 e. The van der Waals surface area contributed by atoms with Gasteiger partial charge in [0.2, 0.25) is 0 Å². The first kappa shape index (κ1) is 10.6. The maximum atomic E-state index is 10.0. The standard InChI is InChI=1S/C7H14O4/c1-5(9)7(10)6(11-2)3-4-8/h4-7,9-10H,3H2,1-2H3/t5-,6+,7+/m1/s1. The molecule has 4 nitrogen and oxygen atoms in total. The fraction of sp³-hybridized carbons (Fsp3) is 0.857. The fourth-order valence-corrected chi connectivity index (χ4v) is 0.781. The van der Waals surface area contributed by atoms with Crippen molar-refractivity contribution in [3.05, 3.63) is 0 Å². The van der Waals surface area contributed by atoms with E-state index in [1.807, 2.05) is 0 Å². The van der Waals surface area contributed by atoms with Crippen molar-refractivity contribution >= 4 is 6.29 Å². The van der Waals surface area contributed by atoms with Crippen molar-refractivity contribution in [2.75, 3.05) is 7.11 Å². The minimum absolute atomic E-state index is 0.0998. The smallest absolute Gasteiger partial charge is 0.122 e. The zero-order valence-corrected chi connectivity index (χ0v) is 6.73. The number of ether oxygens (including phenoxy) is 1. The van der Waals surface area contributed by atoms with Crippen LogP contribution < -0.4 is 0 Å². The quantitative estimate of drug-likeness (QED) is 0.526. The summed E-state index contributed by atoms with van der Waals surface area (Å²) in [6.07, 6.45) is -1.72. The highest BCUT2D eigenvalue weighted by atomic mass is 16.5. The lowest BCUT2D eigenvalue weighted by Crippen LogP contribution is -2.37. The number of rotatable bonds is 5. The van der Waals surface area contributed by atoms with Gasteiger partial charge in [-0.3, -0.25) is 0 Å². The monoisotopic (exact) mass is 162 g/mol. The van der Waals surface area contributed by atoms with Gasteiger partial charge in [-0.15, -0.1) is 0 Å². The second-order valence-electron chi connectivity index (χ2n) is 2.41. The number of hydrogen-bond acceptors (Lipinski definition) is 4. The van der Waals surface area contributed by atoms with E-state index in [1.54, 1.807) is 0 Å². The van der Waals surface area contributed by atoms with Crippen LogP contribution in [0.15, 0.2) is 0 Å². The maximum absolute atomic E-state index is 10.0. The first-order chi connectivity index (χ1) is 5.13. The highest BCUT2D eigenvalue weighted by Gasteiger charge is 2.22. The van der Waals surface area contributed by atoms with Gasteiger partial charge in [0.25, 0.3) is 0 Å². The Kier molecular flexibility index (Phi) is 5.02. The molecular formula is C7H14O4. The SMILES string of the molecule is CO[C@@H](CC=O)[C@@H](O)[C@@H](C)O. The second-order valence-corrected chi connectivity index (χ2v) is 2.41. The number of hydrogen-bond donors (Lipinski definition) is 2. The van der Waals surface area contributed by atoms with Gasteiger partial charge < -0.3 is 19.7 Å². The summed E-state index contributed by atoms with van der Waals surface area (Å²) < 4.78 is 4.77. The van der Waals surface area contributed by atoms with Crippen LogP contribution in [0, 0.1) is 0 Å². The zero-order valence-electron chi connectivity index (χ0n) is 6.73. The number of methoxy groups -OCH3 is 1. The van der Waals surface area contributed by atoms with E-state index < -0.39 is 18.3 Å². The van der Waals surface area contributed by atoms with E-state index >= 15 is 0 Å². The van der Waals surface area contributed by atoms with E-state index in [9.17, 15) is 9.90 Å². The molecule has 0 saturated carbocycles. The summed E-state index contributed by atoms with van der Waals surface area (Å²) in [7, 11) is 1.39. The van der Waals surface area contributed by atoms with Gasteiger partial charge in [-0.1, -0.05) is 0 Å². The molecule has 0 aromatic carbocycles. The predicted molar refractivity (Wildman–Crippen MR) is 39.2 cm³/mol. The Morgan fingerprint density at radius 2 is 2.09 bits per heavy atom. The van der Waals surface area contributed by atoms with E-state index in [4.69, 9.17) is 9.84 Å². The number of carbonyl (C=O) groups excluding carboxylic acids is 1. The summed E-state index contributed by atoms with van der Waals surface area (Å²) in [6, 6.07) is 0. The lowest BCUT2D eigenvalue weighted by Gasteiger charge is -2.21. The zero-order chi connectivity index (χ0) is 8.85. The van der Waals surface area contributed by atoms with Gasteiger partial charge in [0.15, 0.2) is 0 Å². The molecule has 0 rings (SSSR count). The van der Waals surface area contributed by atoms with Crippen LogP contribution in [0.2, 0.25) is 0 Å². The minimum atomic E-state index is -0.995. The number of aliphatic hydroxyl groups excluding tert-OH is 2. The van der Waals surface area contributed by atoms with Gasteiger partial charge >= 0.3 is 0 Å². The van der Waals surface area contributed by atoms with Gasteiger partial charge in [-0.2, -0.15) is 0 Å². The van der Waals surface area contributed by atoms with Crippen molar-refractivity contribution in [1.82, 2.24) is 0 Å². The van der Waals surface area contributed by atoms with E-state index in [1.165, 1.54) is 14.0 Å². The molecule has 0 aromatic rings. The van der Waals surface area contributed by atoms with Crippen LogP contribution in [0.25, 0.3) is 0 Å². The van der Waals surface area contributed by atoms with Crippen LogP contribution >= 0.6 is 0 Å². The van der Waals surface area contributed by atoms with Crippen LogP contribution in [-0.2, 0) is 9.53 Å². The van der Waals surface area contributed by atoms with Crippen LogP contribution in [0.5, 0.6) is 0 Å². The average Bonchev–Trinajstić information content (AvgIpc) is 1.98. The molecular weight excluding hydrogens is 148 g/mol. The third-order valence-corrected chi connectivity index (χ3v) is 1.51. The highest BCUT2D eigenvalue weighted by Crippen LogP contribution is 2.05. The summed E-state index contributed by atoms with van der Waals surface area (Å²) in [5.41, 5.74) is 0. The van der Waals surface area contributed by atoms with Gasteiger partial charge in [0.05, 0.1) is 12.2 Å². The molecule has 0 amide bonds. The first-order valence-electron chi connectivity index (χ1n) is 3.46. The fourth-order valence-electron chi connectivity index (χ4n) is 0.781. The van der Waals surface area contributed by atoms with Crippen molar-refractivity contribution in [3.8, 4) is 0 Å². The van der Waals surface area contributed by atoms with Crippen molar-refractivity contribution in [3.63, 3.8) is 0 Å². The van der Waals surface area contributed by atoms with Crippen molar-refractivity contribution in [2.24, 2.45) is 0 Å². The van der Waals surface area contributed by atoms with Gasteiger partial charge in [-0.05, 0) is 6.92 Å². The minimum Gasteiger partial charge on any atom is -0.391 e.